The van der Waals surface area contributed by atoms with Crippen LogP contribution in [-0.4, -0.2) is 47.3 Å². The van der Waals surface area contributed by atoms with E-state index in [1.807, 2.05) is 0 Å². The van der Waals surface area contributed by atoms with Crippen LogP contribution in [-0.2, 0) is 0 Å². The van der Waals surface area contributed by atoms with E-state index in [9.17, 15) is 14.5 Å². The van der Waals surface area contributed by atoms with Gasteiger partial charge in [0.1, 0.15) is 23.1 Å². The minimum absolute atomic E-state index is 0.0872. The molecule has 36 heavy (non-hydrogen) atoms. The molecule has 12 nitrogen and oxygen atoms in total. The number of nitrogens with one attached hydrogen (secondary N) is 2. The molecule has 0 aliphatic carbocycles. The van der Waals surface area contributed by atoms with Crippen LogP contribution in [0.1, 0.15) is 5.76 Å². The van der Waals surface area contributed by atoms with Gasteiger partial charge in [0, 0.05) is 25.8 Å². The summed E-state index contributed by atoms with van der Waals surface area (Å²) in [6.07, 6.45) is 1.42. The van der Waals surface area contributed by atoms with E-state index >= 15 is 0 Å². The number of nitro benzene ring substituents is 1. The molecular formula is C23H21FN8O4. The summed E-state index contributed by atoms with van der Waals surface area (Å²) >= 11 is 0. The normalized spacial score (nSPS) is 10.9. The number of furan rings is 1. The Kier molecular flexibility index (Phi) is 6.99. The highest BCUT2D eigenvalue weighted by molar-refractivity contribution is 5.79. The molecular weight excluding hydrogens is 471 g/mol. The summed E-state index contributed by atoms with van der Waals surface area (Å²) in [5.41, 5.74) is 3.81. The van der Waals surface area contributed by atoms with E-state index in [0.717, 1.165) is 0 Å². The molecule has 184 valence electrons. The van der Waals surface area contributed by atoms with E-state index in [1.54, 1.807) is 49.3 Å². The van der Waals surface area contributed by atoms with Crippen molar-refractivity contribution in [1.29, 1.82) is 0 Å². The Hall–Kier alpha value is -5.07. The van der Waals surface area contributed by atoms with Crippen molar-refractivity contribution in [3.8, 4) is 17.1 Å². The highest BCUT2D eigenvalue weighted by Gasteiger charge is 2.15. The fraction of sp³-hybridized carbons (Fsp3) is 0.130. The van der Waals surface area contributed by atoms with Crippen molar-refractivity contribution in [2.24, 2.45) is 5.10 Å². The second-order valence-electron chi connectivity index (χ2n) is 7.52. The summed E-state index contributed by atoms with van der Waals surface area (Å²) in [4.78, 5) is 25.1. The Morgan fingerprint density at radius 1 is 1.08 bits per heavy atom. The van der Waals surface area contributed by atoms with Crippen LogP contribution in [0.15, 0.2) is 64.1 Å². The van der Waals surface area contributed by atoms with E-state index < -0.39 is 4.92 Å². The maximum absolute atomic E-state index is 13.2. The number of anilines is 4. The van der Waals surface area contributed by atoms with Gasteiger partial charge in [-0.1, -0.05) is 0 Å². The highest BCUT2D eigenvalue weighted by Crippen LogP contribution is 2.34. The van der Waals surface area contributed by atoms with Gasteiger partial charge in [-0.25, -0.2) is 9.82 Å². The van der Waals surface area contributed by atoms with E-state index in [1.165, 1.54) is 37.6 Å². The first-order valence-electron chi connectivity index (χ1n) is 10.5. The van der Waals surface area contributed by atoms with Gasteiger partial charge in [-0.15, -0.1) is 0 Å². The van der Waals surface area contributed by atoms with Crippen LogP contribution < -0.4 is 20.4 Å². The second kappa shape index (κ2) is 10.5. The number of non-ortho nitro benzene ring substituents is 1. The summed E-state index contributed by atoms with van der Waals surface area (Å²) in [6.45, 7) is 0. The first-order valence-corrected chi connectivity index (χ1v) is 10.5. The molecule has 0 saturated heterocycles. The number of nitro groups is 1. The number of halogens is 1. The molecule has 0 radical (unpaired) electrons. The van der Waals surface area contributed by atoms with Crippen molar-refractivity contribution < 1.29 is 18.5 Å². The Bertz CT molecular complexity index is 1410. The van der Waals surface area contributed by atoms with Gasteiger partial charge < -0.3 is 19.4 Å². The number of ether oxygens (including phenoxy) is 1. The molecule has 0 saturated carbocycles. The van der Waals surface area contributed by atoms with Gasteiger partial charge >= 0.3 is 0 Å². The smallest absolute Gasteiger partial charge is 0.273 e. The number of benzene rings is 2. The molecule has 0 atom stereocenters. The lowest BCUT2D eigenvalue weighted by molar-refractivity contribution is -0.384. The Labute approximate surface area is 204 Å². The summed E-state index contributed by atoms with van der Waals surface area (Å²) in [5.74, 6) is 1.59. The van der Waals surface area contributed by atoms with Gasteiger partial charge in [-0.2, -0.15) is 20.1 Å². The maximum atomic E-state index is 13.2. The molecule has 0 fully saturated rings. The zero-order chi connectivity index (χ0) is 25.7. The number of aromatic nitrogens is 3. The van der Waals surface area contributed by atoms with Crippen molar-refractivity contribution in [3.63, 3.8) is 0 Å². The van der Waals surface area contributed by atoms with E-state index in [4.69, 9.17) is 9.15 Å². The standard InChI is InChI=1S/C23H21FN8O4/c1-31(2)23-28-21(26-15-6-4-14(24)5-7-15)27-22(29-23)30-25-13-17-9-11-19(36-17)18-10-8-16(32(33)34)12-20(18)35-3/h4-13H,1-3H3,(H2,26,27,28,29,30)/b25-13-. The first kappa shape index (κ1) is 24.1. The molecule has 13 heteroatoms. The summed E-state index contributed by atoms with van der Waals surface area (Å²) in [7, 11) is 4.98. The lowest BCUT2D eigenvalue weighted by Crippen LogP contribution is -2.15. The minimum Gasteiger partial charge on any atom is -0.496 e. The molecule has 0 amide bonds. The van der Waals surface area contributed by atoms with Crippen LogP contribution in [0.2, 0.25) is 0 Å². The van der Waals surface area contributed by atoms with Crippen molar-refractivity contribution in [3.05, 3.63) is 76.3 Å². The number of nitrogens with zero attached hydrogens (tertiary/aromatic N) is 6. The third-order valence-corrected chi connectivity index (χ3v) is 4.77. The van der Waals surface area contributed by atoms with Crippen LogP contribution >= 0.6 is 0 Å². The topological polar surface area (TPSA) is 144 Å². The fourth-order valence-electron chi connectivity index (χ4n) is 3.05. The lowest BCUT2D eigenvalue weighted by atomic mass is 10.1. The Balaban J connectivity index is 1.50. The van der Waals surface area contributed by atoms with Gasteiger partial charge in [0.25, 0.3) is 5.69 Å². The lowest BCUT2D eigenvalue weighted by Gasteiger charge is -2.13. The third kappa shape index (κ3) is 5.70. The van der Waals surface area contributed by atoms with Crippen molar-refractivity contribution in [1.82, 2.24) is 15.0 Å². The van der Waals surface area contributed by atoms with E-state index in [0.29, 0.717) is 34.5 Å². The third-order valence-electron chi connectivity index (χ3n) is 4.77. The number of rotatable bonds is 9. The van der Waals surface area contributed by atoms with Gasteiger partial charge in [-0.3, -0.25) is 10.1 Å². The second-order valence-corrected chi connectivity index (χ2v) is 7.52. The molecule has 0 aliphatic rings. The van der Waals surface area contributed by atoms with Gasteiger partial charge in [-0.05, 0) is 42.5 Å². The van der Waals surface area contributed by atoms with Crippen LogP contribution in [0.4, 0.5) is 33.6 Å². The quantitative estimate of drug-likeness (QED) is 0.195. The van der Waals surface area contributed by atoms with Gasteiger partial charge in [0.15, 0.2) is 0 Å². The predicted octanol–water partition coefficient (Wildman–Crippen LogP) is 4.44. The largest absolute Gasteiger partial charge is 0.496 e. The summed E-state index contributed by atoms with van der Waals surface area (Å²) in [6, 6.07) is 13.4. The van der Waals surface area contributed by atoms with Gasteiger partial charge in [0.05, 0.1) is 29.9 Å². The molecule has 4 rings (SSSR count). The molecule has 2 aromatic carbocycles. The van der Waals surface area contributed by atoms with Crippen LogP contribution in [0.25, 0.3) is 11.3 Å². The maximum Gasteiger partial charge on any atom is 0.273 e. The van der Waals surface area contributed by atoms with Crippen molar-refractivity contribution >= 4 is 35.4 Å². The first-order chi connectivity index (χ1) is 17.3. The fourth-order valence-corrected chi connectivity index (χ4v) is 3.05. The van der Waals surface area contributed by atoms with Gasteiger partial charge in [0.2, 0.25) is 17.8 Å². The number of methoxy groups -OCH3 is 1. The zero-order valence-corrected chi connectivity index (χ0v) is 19.5. The van der Waals surface area contributed by atoms with Crippen LogP contribution in [0.3, 0.4) is 0 Å². The molecule has 0 spiro atoms. The molecule has 0 bridgehead atoms. The number of hydrogen-bond donors (Lipinski definition) is 2. The van der Waals surface area contributed by atoms with Crippen molar-refractivity contribution in [2.45, 2.75) is 0 Å². The minimum atomic E-state index is -0.498. The number of hydrazone groups is 1. The van der Waals surface area contributed by atoms with Crippen molar-refractivity contribution in [2.75, 3.05) is 36.8 Å². The highest BCUT2D eigenvalue weighted by atomic mass is 19.1. The van der Waals surface area contributed by atoms with Crippen LogP contribution in [0, 0.1) is 15.9 Å². The summed E-state index contributed by atoms with van der Waals surface area (Å²) in [5, 5.41) is 18.1. The Morgan fingerprint density at radius 2 is 1.83 bits per heavy atom. The van der Waals surface area contributed by atoms with E-state index in [-0.39, 0.29) is 23.4 Å². The summed E-state index contributed by atoms with van der Waals surface area (Å²) < 4.78 is 24.2. The average molecular weight is 492 g/mol. The predicted molar refractivity (Wildman–Crippen MR) is 132 cm³/mol. The molecule has 2 N–H and O–H groups in total. The average Bonchev–Trinajstić information content (AvgIpc) is 3.33. The molecule has 0 aliphatic heterocycles. The zero-order valence-electron chi connectivity index (χ0n) is 19.5. The van der Waals surface area contributed by atoms with E-state index in [2.05, 4.69) is 30.8 Å². The SMILES string of the molecule is COc1cc([N+](=O)[O-])ccc1-c1ccc(/C=N\Nc2nc(Nc3ccc(F)cc3)nc(N(C)C)n2)o1. The van der Waals surface area contributed by atoms with Crippen LogP contribution in [0.5, 0.6) is 5.75 Å². The molecule has 2 heterocycles. The number of hydrogen-bond acceptors (Lipinski definition) is 11. The Morgan fingerprint density at radius 3 is 2.53 bits per heavy atom. The molecule has 0 unspecified atom stereocenters. The monoisotopic (exact) mass is 492 g/mol. The molecule has 2 aromatic heterocycles. The molecule has 4 aromatic rings.